The van der Waals surface area contributed by atoms with E-state index in [1.807, 2.05) is 6.08 Å². The van der Waals surface area contributed by atoms with Gasteiger partial charge < -0.3 is 5.32 Å². The van der Waals surface area contributed by atoms with Crippen LogP contribution >= 0.6 is 46.3 Å². The maximum atomic E-state index is 12.5. The van der Waals surface area contributed by atoms with Crippen molar-refractivity contribution in [2.75, 3.05) is 25.4 Å². The summed E-state index contributed by atoms with van der Waals surface area (Å²) >= 11 is 15.0. The number of halogens is 2. The van der Waals surface area contributed by atoms with Gasteiger partial charge in [0, 0.05) is 42.2 Å². The van der Waals surface area contributed by atoms with Gasteiger partial charge in [0.15, 0.2) is 4.34 Å². The number of nitrogens with one attached hydrogen (secondary N) is 1. The number of allylic oxidation sites excluding steroid dienone is 3. The van der Waals surface area contributed by atoms with Gasteiger partial charge in [-0.05, 0) is 37.8 Å². The molecule has 1 amide bonds. The summed E-state index contributed by atoms with van der Waals surface area (Å²) in [5.74, 6) is 0.246. The quantitative estimate of drug-likeness (QED) is 0.259. The van der Waals surface area contributed by atoms with Gasteiger partial charge in [-0.25, -0.2) is 4.98 Å². The molecule has 1 aromatic heterocycles. The van der Waals surface area contributed by atoms with Crippen LogP contribution in [0.4, 0.5) is 5.69 Å². The lowest BCUT2D eigenvalue weighted by Crippen LogP contribution is -2.45. The minimum atomic E-state index is -0.409. The van der Waals surface area contributed by atoms with Crippen LogP contribution in [0.2, 0.25) is 0 Å². The van der Waals surface area contributed by atoms with E-state index in [2.05, 4.69) is 15.2 Å². The Morgan fingerprint density at radius 2 is 2.03 bits per heavy atom. The van der Waals surface area contributed by atoms with E-state index in [1.165, 1.54) is 34.7 Å². The Kier molecular flexibility index (Phi) is 8.65. The van der Waals surface area contributed by atoms with Gasteiger partial charge in [-0.15, -0.1) is 11.3 Å². The first-order valence-electron chi connectivity index (χ1n) is 11.0. The minimum absolute atomic E-state index is 0.0209. The Bertz CT molecular complexity index is 1130. The summed E-state index contributed by atoms with van der Waals surface area (Å²) in [6.07, 6.45) is 5.55. The molecule has 11 heteroatoms. The Morgan fingerprint density at radius 1 is 1.26 bits per heavy atom. The number of para-hydroxylation sites is 1. The topological polar surface area (TPSA) is 88.4 Å². The van der Waals surface area contributed by atoms with E-state index in [-0.39, 0.29) is 23.4 Å². The SMILES string of the molecule is O=C(CSc1nc(-c2ccccc2[N+](=O)[O-])cs1)NC1CCN(CC2=CC(Cl)=C(Cl)CC2)CC1. The number of thioether (sulfide) groups is 1. The smallest absolute Gasteiger partial charge is 0.278 e. The lowest BCUT2D eigenvalue weighted by atomic mass is 10.0. The highest BCUT2D eigenvalue weighted by molar-refractivity contribution is 8.01. The molecule has 1 fully saturated rings. The van der Waals surface area contributed by atoms with Crippen molar-refractivity contribution in [1.29, 1.82) is 0 Å². The molecule has 0 bridgehead atoms. The summed E-state index contributed by atoms with van der Waals surface area (Å²) < 4.78 is 0.715. The van der Waals surface area contributed by atoms with E-state index in [9.17, 15) is 14.9 Å². The molecular weight excluding hydrogens is 515 g/mol. The number of nitrogens with zero attached hydrogens (tertiary/aromatic N) is 3. The molecule has 1 aliphatic carbocycles. The van der Waals surface area contributed by atoms with Crippen molar-refractivity contribution in [1.82, 2.24) is 15.2 Å². The van der Waals surface area contributed by atoms with Gasteiger partial charge in [0.05, 0.1) is 27.0 Å². The molecule has 1 saturated heterocycles. The van der Waals surface area contributed by atoms with Crippen LogP contribution in [0, 0.1) is 10.1 Å². The second-order valence-electron chi connectivity index (χ2n) is 8.23. The number of thiazole rings is 1. The van der Waals surface area contributed by atoms with Gasteiger partial charge in [-0.2, -0.15) is 0 Å². The second kappa shape index (κ2) is 11.7. The molecule has 1 aliphatic heterocycles. The van der Waals surface area contributed by atoms with Crippen molar-refractivity contribution >= 4 is 57.9 Å². The number of hydrogen-bond acceptors (Lipinski definition) is 7. The number of hydrogen-bond donors (Lipinski definition) is 1. The van der Waals surface area contributed by atoms with Crippen LogP contribution in [0.1, 0.15) is 25.7 Å². The Hall–Kier alpha value is -1.91. The van der Waals surface area contributed by atoms with E-state index >= 15 is 0 Å². The van der Waals surface area contributed by atoms with Crippen molar-refractivity contribution in [2.24, 2.45) is 0 Å². The number of carbonyl (C=O) groups is 1. The zero-order valence-corrected chi connectivity index (χ0v) is 21.5. The van der Waals surface area contributed by atoms with Crippen LogP contribution < -0.4 is 5.32 Å². The number of nitro groups is 1. The largest absolute Gasteiger partial charge is 0.353 e. The molecule has 0 unspecified atom stereocenters. The van der Waals surface area contributed by atoms with E-state index in [1.54, 1.807) is 23.6 Å². The first kappa shape index (κ1) is 25.2. The van der Waals surface area contributed by atoms with E-state index in [0.29, 0.717) is 20.6 Å². The van der Waals surface area contributed by atoms with Crippen LogP contribution in [0.5, 0.6) is 0 Å². The highest BCUT2D eigenvalue weighted by Crippen LogP contribution is 2.33. The summed E-state index contributed by atoms with van der Waals surface area (Å²) in [6.45, 7) is 2.75. The van der Waals surface area contributed by atoms with E-state index in [0.717, 1.165) is 50.3 Å². The summed E-state index contributed by atoms with van der Waals surface area (Å²) in [5.41, 5.74) is 2.37. The monoisotopic (exact) mass is 538 g/mol. The summed E-state index contributed by atoms with van der Waals surface area (Å²) in [5, 5.41) is 17.6. The van der Waals surface area contributed by atoms with Crippen molar-refractivity contribution in [3.8, 4) is 11.3 Å². The van der Waals surface area contributed by atoms with Crippen LogP contribution in [-0.2, 0) is 4.79 Å². The standard InChI is InChI=1S/C23H24Cl2N4O3S2/c24-18-6-5-15(11-19(18)25)12-28-9-7-16(8-10-28)26-22(30)14-34-23-27-20(13-33-23)17-3-1-2-4-21(17)29(31)32/h1-4,11,13,16H,5-10,12,14H2,(H,26,30). The highest BCUT2D eigenvalue weighted by atomic mass is 35.5. The maximum Gasteiger partial charge on any atom is 0.278 e. The number of carbonyl (C=O) groups excluding carboxylic acids is 1. The number of rotatable bonds is 8. The number of likely N-dealkylation sites (tertiary alicyclic amines) is 1. The Balaban J connectivity index is 1.22. The Labute approximate surface area is 216 Å². The number of amides is 1. The molecule has 2 heterocycles. The van der Waals surface area contributed by atoms with Gasteiger partial charge in [0.2, 0.25) is 5.91 Å². The normalized spacial score (nSPS) is 17.5. The zero-order valence-electron chi connectivity index (χ0n) is 18.3. The van der Waals surface area contributed by atoms with Gasteiger partial charge in [-0.3, -0.25) is 19.8 Å². The molecular formula is C23H24Cl2N4O3S2. The molecule has 180 valence electrons. The number of aromatic nitrogens is 1. The zero-order chi connectivity index (χ0) is 24.1. The molecule has 0 radical (unpaired) electrons. The van der Waals surface area contributed by atoms with Gasteiger partial charge in [0.1, 0.15) is 0 Å². The molecule has 2 aromatic rings. The fourth-order valence-corrected chi connectivity index (χ4v) is 6.10. The van der Waals surface area contributed by atoms with Crippen molar-refractivity contribution in [2.45, 2.75) is 36.1 Å². The number of nitro benzene ring substituents is 1. The Morgan fingerprint density at radius 3 is 2.76 bits per heavy atom. The third-order valence-corrected chi connectivity index (χ3v) is 8.67. The predicted octanol–water partition coefficient (Wildman–Crippen LogP) is 5.80. The van der Waals surface area contributed by atoms with Crippen LogP contribution in [0.15, 0.2) is 55.7 Å². The molecule has 7 nitrogen and oxygen atoms in total. The number of benzene rings is 1. The molecule has 0 saturated carbocycles. The summed E-state index contributed by atoms with van der Waals surface area (Å²) in [6, 6.07) is 6.71. The van der Waals surface area contributed by atoms with E-state index in [4.69, 9.17) is 23.2 Å². The lowest BCUT2D eigenvalue weighted by Gasteiger charge is -2.33. The maximum absolute atomic E-state index is 12.5. The summed E-state index contributed by atoms with van der Waals surface area (Å²) in [7, 11) is 0. The molecule has 34 heavy (non-hydrogen) atoms. The molecule has 4 rings (SSSR count). The first-order valence-corrected chi connectivity index (χ1v) is 13.6. The highest BCUT2D eigenvalue weighted by Gasteiger charge is 2.23. The lowest BCUT2D eigenvalue weighted by molar-refractivity contribution is -0.384. The van der Waals surface area contributed by atoms with Gasteiger partial charge in [-0.1, -0.05) is 52.7 Å². The van der Waals surface area contributed by atoms with Crippen LogP contribution in [-0.4, -0.2) is 52.1 Å². The summed E-state index contributed by atoms with van der Waals surface area (Å²) in [4.78, 5) is 30.2. The fourth-order valence-electron chi connectivity index (χ4n) is 4.06. The fraction of sp³-hybridized carbons (Fsp3) is 0.391. The third-order valence-electron chi connectivity index (χ3n) is 5.82. The third kappa shape index (κ3) is 6.60. The van der Waals surface area contributed by atoms with E-state index < -0.39 is 4.92 Å². The number of piperidine rings is 1. The van der Waals surface area contributed by atoms with Crippen molar-refractivity contribution < 1.29 is 9.72 Å². The predicted molar refractivity (Wildman–Crippen MR) is 139 cm³/mol. The average molecular weight is 540 g/mol. The van der Waals surface area contributed by atoms with Crippen molar-refractivity contribution in [3.63, 3.8) is 0 Å². The van der Waals surface area contributed by atoms with Crippen LogP contribution in [0.3, 0.4) is 0 Å². The van der Waals surface area contributed by atoms with Gasteiger partial charge >= 0.3 is 0 Å². The van der Waals surface area contributed by atoms with Gasteiger partial charge in [0.25, 0.3) is 5.69 Å². The van der Waals surface area contributed by atoms with Crippen molar-refractivity contribution in [3.05, 3.63) is 61.5 Å². The molecule has 1 aromatic carbocycles. The minimum Gasteiger partial charge on any atom is -0.353 e. The molecule has 0 spiro atoms. The molecule has 2 aliphatic rings. The molecule has 0 atom stereocenters. The first-order chi connectivity index (χ1) is 16.4. The van der Waals surface area contributed by atoms with Crippen LogP contribution in [0.25, 0.3) is 11.3 Å². The second-order valence-corrected chi connectivity index (χ2v) is 11.2. The molecule has 1 N–H and O–H groups in total. The average Bonchev–Trinajstić information content (AvgIpc) is 3.30.